The maximum Gasteiger partial charge on any atom is 0.335 e. The average molecular weight is 220 g/mol. The van der Waals surface area contributed by atoms with E-state index in [0.717, 1.165) is 12.1 Å². The molecule has 0 radical (unpaired) electrons. The molecule has 0 saturated heterocycles. The van der Waals surface area contributed by atoms with E-state index in [4.69, 9.17) is 10.2 Å². The van der Waals surface area contributed by atoms with Gasteiger partial charge in [-0.25, -0.2) is 9.59 Å². The lowest BCUT2D eigenvalue weighted by Crippen LogP contribution is -2.02. The highest BCUT2D eigenvalue weighted by molar-refractivity contribution is 5.95. The largest absolute Gasteiger partial charge is 0.478 e. The van der Waals surface area contributed by atoms with Crippen molar-refractivity contribution in [2.24, 2.45) is 0 Å². The summed E-state index contributed by atoms with van der Waals surface area (Å²) in [5.74, 6) is -2.44. The van der Waals surface area contributed by atoms with Crippen molar-refractivity contribution in [3.8, 4) is 0 Å². The first kappa shape index (κ1) is 11.6. The molecule has 5 nitrogen and oxygen atoms in total. The minimum atomic E-state index is -1.22. The molecule has 0 fully saturated rings. The van der Waals surface area contributed by atoms with Crippen LogP contribution in [0.5, 0.6) is 0 Å². The highest BCUT2D eigenvalue weighted by atomic mass is 16.4. The minimum absolute atomic E-state index is 0.134. The molecule has 0 aliphatic carbocycles. The number of allylic oxidation sites excluding steroid dienone is 1. The smallest absolute Gasteiger partial charge is 0.335 e. The average Bonchev–Trinajstić information content (AvgIpc) is 2.25. The first-order valence-corrected chi connectivity index (χ1v) is 4.28. The van der Waals surface area contributed by atoms with Crippen molar-refractivity contribution in [1.29, 1.82) is 0 Å². The highest BCUT2D eigenvalue weighted by Gasteiger charge is 2.09. The molecule has 0 aliphatic rings. The van der Waals surface area contributed by atoms with Crippen molar-refractivity contribution < 1.29 is 24.6 Å². The molecular formula is C11H8O5. The summed E-state index contributed by atoms with van der Waals surface area (Å²) in [5, 5.41) is 17.5. The zero-order valence-electron chi connectivity index (χ0n) is 8.08. The predicted octanol–water partition coefficient (Wildman–Crippen LogP) is 1.30. The number of rotatable bonds is 4. The molecular weight excluding hydrogens is 212 g/mol. The number of carboxylic acids is 2. The molecule has 5 heteroatoms. The second kappa shape index (κ2) is 4.88. The van der Waals surface area contributed by atoms with E-state index in [0.29, 0.717) is 11.8 Å². The molecule has 1 aromatic carbocycles. The first-order chi connectivity index (χ1) is 7.54. The molecule has 0 spiro atoms. The van der Waals surface area contributed by atoms with Gasteiger partial charge in [0.2, 0.25) is 0 Å². The molecule has 0 aromatic heterocycles. The topological polar surface area (TPSA) is 91.7 Å². The van der Waals surface area contributed by atoms with Crippen LogP contribution in [0.25, 0.3) is 6.08 Å². The molecule has 0 aliphatic heterocycles. The number of carbonyl (C=O) groups excluding carboxylic acids is 1. The third-order valence-corrected chi connectivity index (χ3v) is 1.82. The Morgan fingerprint density at radius 2 is 1.50 bits per heavy atom. The third kappa shape index (κ3) is 2.78. The van der Waals surface area contributed by atoms with Gasteiger partial charge < -0.3 is 10.2 Å². The van der Waals surface area contributed by atoms with Crippen molar-refractivity contribution in [3.05, 3.63) is 41.0 Å². The monoisotopic (exact) mass is 220 g/mol. The molecule has 0 atom stereocenters. The summed E-state index contributed by atoms with van der Waals surface area (Å²) >= 11 is 0. The van der Waals surface area contributed by atoms with Crippen LogP contribution in [0.3, 0.4) is 0 Å². The quantitative estimate of drug-likeness (QED) is 0.589. The Morgan fingerprint density at radius 1 is 1.00 bits per heavy atom. The van der Waals surface area contributed by atoms with Crippen LogP contribution in [0.4, 0.5) is 0 Å². The zero-order valence-corrected chi connectivity index (χ0v) is 8.08. The van der Waals surface area contributed by atoms with Crippen molar-refractivity contribution in [3.63, 3.8) is 0 Å². The summed E-state index contributed by atoms with van der Waals surface area (Å²) in [4.78, 5) is 31.5. The normalized spacial score (nSPS) is 10.2. The van der Waals surface area contributed by atoms with E-state index < -0.39 is 11.9 Å². The van der Waals surface area contributed by atoms with E-state index in [1.165, 1.54) is 18.2 Å². The molecule has 0 heterocycles. The maximum absolute atomic E-state index is 10.7. The minimum Gasteiger partial charge on any atom is -0.478 e. The maximum atomic E-state index is 10.7. The van der Waals surface area contributed by atoms with Gasteiger partial charge in [0.1, 0.15) is 6.29 Å². The number of hydrogen-bond acceptors (Lipinski definition) is 3. The fourth-order valence-corrected chi connectivity index (χ4v) is 1.15. The van der Waals surface area contributed by atoms with Crippen molar-refractivity contribution in [1.82, 2.24) is 0 Å². The number of carboxylic acid groups (broad SMARTS) is 2. The van der Waals surface area contributed by atoms with Crippen LogP contribution in [-0.2, 0) is 4.79 Å². The summed E-state index contributed by atoms with van der Waals surface area (Å²) in [6, 6.07) is 3.63. The Labute approximate surface area is 90.6 Å². The van der Waals surface area contributed by atoms with E-state index in [-0.39, 0.29) is 11.1 Å². The van der Waals surface area contributed by atoms with Crippen LogP contribution < -0.4 is 0 Å². The summed E-state index contributed by atoms with van der Waals surface area (Å²) < 4.78 is 0. The van der Waals surface area contributed by atoms with Gasteiger partial charge in [-0.15, -0.1) is 0 Å². The number of aromatic carboxylic acids is 2. The lowest BCUT2D eigenvalue weighted by molar-refractivity contribution is -0.104. The van der Waals surface area contributed by atoms with Gasteiger partial charge in [0, 0.05) is 0 Å². The van der Waals surface area contributed by atoms with Crippen molar-refractivity contribution in [2.75, 3.05) is 0 Å². The van der Waals surface area contributed by atoms with Gasteiger partial charge in [-0.05, 0) is 29.8 Å². The van der Waals surface area contributed by atoms with Crippen molar-refractivity contribution >= 4 is 24.3 Å². The summed E-state index contributed by atoms with van der Waals surface area (Å²) in [6.45, 7) is 0. The van der Waals surface area contributed by atoms with Gasteiger partial charge >= 0.3 is 11.9 Å². The van der Waals surface area contributed by atoms with Crippen molar-refractivity contribution in [2.45, 2.75) is 0 Å². The van der Waals surface area contributed by atoms with Crippen LogP contribution in [0.2, 0.25) is 0 Å². The Bertz CT molecular complexity index is 441. The SMILES string of the molecule is O=CC=Cc1cc(C(=O)O)cc(C(=O)O)c1. The fourth-order valence-electron chi connectivity index (χ4n) is 1.15. The van der Waals surface area contributed by atoms with Gasteiger partial charge in [-0.3, -0.25) is 4.79 Å². The van der Waals surface area contributed by atoms with Crippen LogP contribution in [0.15, 0.2) is 24.3 Å². The van der Waals surface area contributed by atoms with Crippen LogP contribution in [0.1, 0.15) is 26.3 Å². The van der Waals surface area contributed by atoms with Gasteiger partial charge in [-0.2, -0.15) is 0 Å². The van der Waals surface area contributed by atoms with Gasteiger partial charge in [0.05, 0.1) is 11.1 Å². The molecule has 0 bridgehead atoms. The Hall–Kier alpha value is -2.43. The fraction of sp³-hybridized carbons (Fsp3) is 0. The summed E-state index contributed by atoms with van der Waals surface area (Å²) in [7, 11) is 0. The molecule has 0 amide bonds. The van der Waals surface area contributed by atoms with Gasteiger partial charge in [-0.1, -0.05) is 6.08 Å². The number of carbonyl (C=O) groups is 3. The zero-order chi connectivity index (χ0) is 12.1. The van der Waals surface area contributed by atoms with E-state index in [1.807, 2.05) is 0 Å². The lowest BCUT2D eigenvalue weighted by atomic mass is 10.1. The molecule has 2 N–H and O–H groups in total. The van der Waals surface area contributed by atoms with E-state index in [2.05, 4.69) is 0 Å². The molecule has 82 valence electrons. The number of aldehydes is 1. The third-order valence-electron chi connectivity index (χ3n) is 1.82. The molecule has 1 rings (SSSR count). The van der Waals surface area contributed by atoms with Crippen LogP contribution in [-0.4, -0.2) is 28.4 Å². The Balaban J connectivity index is 3.29. The predicted molar refractivity (Wildman–Crippen MR) is 55.5 cm³/mol. The second-order valence-electron chi connectivity index (χ2n) is 2.95. The van der Waals surface area contributed by atoms with E-state index >= 15 is 0 Å². The lowest BCUT2D eigenvalue weighted by Gasteiger charge is -2.00. The standard InChI is InChI=1S/C11H8O5/c12-3-1-2-7-4-8(10(13)14)6-9(5-7)11(15)16/h1-6H,(H,13,14)(H,15,16). The Morgan fingerprint density at radius 3 is 1.88 bits per heavy atom. The summed E-state index contributed by atoms with van der Waals surface area (Å²) in [6.07, 6.45) is 3.02. The Kier molecular flexibility index (Phi) is 3.55. The number of hydrogen-bond donors (Lipinski definition) is 2. The molecule has 0 saturated carbocycles. The molecule has 0 unspecified atom stereocenters. The van der Waals surface area contributed by atoms with E-state index in [9.17, 15) is 14.4 Å². The molecule has 16 heavy (non-hydrogen) atoms. The van der Waals surface area contributed by atoms with E-state index in [1.54, 1.807) is 0 Å². The second-order valence-corrected chi connectivity index (χ2v) is 2.95. The highest BCUT2D eigenvalue weighted by Crippen LogP contribution is 2.12. The van der Waals surface area contributed by atoms with Crippen LogP contribution >= 0.6 is 0 Å². The summed E-state index contributed by atoms with van der Waals surface area (Å²) in [5.41, 5.74) is 0.0836. The number of benzene rings is 1. The van der Waals surface area contributed by atoms with Crippen LogP contribution in [0, 0.1) is 0 Å². The first-order valence-electron chi connectivity index (χ1n) is 4.28. The van der Waals surface area contributed by atoms with Gasteiger partial charge in [0.25, 0.3) is 0 Å². The molecule has 1 aromatic rings. The van der Waals surface area contributed by atoms with Gasteiger partial charge in [0.15, 0.2) is 0 Å².